The number of amides is 2. The molecule has 0 unspecified atom stereocenters. The summed E-state index contributed by atoms with van der Waals surface area (Å²) < 4.78 is 5.16. The van der Waals surface area contributed by atoms with Crippen LogP contribution in [-0.2, 0) is 0 Å². The van der Waals surface area contributed by atoms with E-state index in [1.807, 2.05) is 30.3 Å². The van der Waals surface area contributed by atoms with Crippen molar-refractivity contribution in [2.24, 2.45) is 0 Å². The van der Waals surface area contributed by atoms with E-state index < -0.39 is 0 Å². The number of aromatic nitrogens is 2. The first-order chi connectivity index (χ1) is 14.1. The number of urea groups is 1. The highest BCUT2D eigenvalue weighted by Gasteiger charge is 2.27. The van der Waals surface area contributed by atoms with Crippen LogP contribution in [0.3, 0.4) is 0 Å². The second-order valence-corrected chi connectivity index (χ2v) is 7.34. The lowest BCUT2D eigenvalue weighted by Crippen LogP contribution is -2.32. The van der Waals surface area contributed by atoms with Crippen LogP contribution in [0.4, 0.5) is 16.3 Å². The summed E-state index contributed by atoms with van der Waals surface area (Å²) in [5.74, 6) is 2.74. The standard InChI is InChI=1S/C21H22ClN5O2/c1-29-16-4-2-3-15(12-16)25-21(28)24-10-9-23-20-17-8-7-14(22)11-18(17)26-19(27-20)13-5-6-13/h2-4,7-8,11-13H,5-6,9-10H2,1H3,(H,23,26,27)(H2,24,25,28). The Bertz CT molecular complexity index is 1040. The molecule has 1 aliphatic rings. The van der Waals surface area contributed by atoms with Crippen LogP contribution in [0.15, 0.2) is 42.5 Å². The molecule has 3 aromatic rings. The van der Waals surface area contributed by atoms with Crippen molar-refractivity contribution in [1.82, 2.24) is 15.3 Å². The van der Waals surface area contributed by atoms with Crippen molar-refractivity contribution >= 4 is 40.0 Å². The lowest BCUT2D eigenvalue weighted by atomic mass is 10.2. The number of hydrogen-bond acceptors (Lipinski definition) is 5. The summed E-state index contributed by atoms with van der Waals surface area (Å²) in [7, 11) is 1.59. The molecule has 1 heterocycles. The van der Waals surface area contributed by atoms with Crippen LogP contribution < -0.4 is 20.7 Å². The molecule has 2 amide bonds. The maximum Gasteiger partial charge on any atom is 0.319 e. The summed E-state index contributed by atoms with van der Waals surface area (Å²) >= 11 is 6.12. The summed E-state index contributed by atoms with van der Waals surface area (Å²) in [6, 6.07) is 12.5. The van der Waals surface area contributed by atoms with Crippen LogP contribution in [0.1, 0.15) is 24.6 Å². The molecule has 2 aromatic carbocycles. The van der Waals surface area contributed by atoms with E-state index in [1.165, 1.54) is 0 Å². The number of fused-ring (bicyclic) bond motifs is 1. The van der Waals surface area contributed by atoms with E-state index in [0.29, 0.717) is 35.5 Å². The van der Waals surface area contributed by atoms with E-state index in [4.69, 9.17) is 16.3 Å². The minimum absolute atomic E-state index is 0.280. The number of hydrogen-bond donors (Lipinski definition) is 3. The predicted octanol–water partition coefficient (Wildman–Crippen LogP) is 4.40. The number of ether oxygens (including phenoxy) is 1. The monoisotopic (exact) mass is 411 g/mol. The molecule has 0 saturated heterocycles. The molecule has 0 radical (unpaired) electrons. The molecule has 29 heavy (non-hydrogen) atoms. The molecular weight excluding hydrogens is 390 g/mol. The van der Waals surface area contributed by atoms with Crippen LogP contribution in [-0.4, -0.2) is 36.2 Å². The molecule has 1 fully saturated rings. The van der Waals surface area contributed by atoms with E-state index >= 15 is 0 Å². The Morgan fingerprint density at radius 3 is 2.83 bits per heavy atom. The maximum absolute atomic E-state index is 12.1. The van der Waals surface area contributed by atoms with E-state index in [-0.39, 0.29) is 6.03 Å². The molecule has 8 heteroatoms. The van der Waals surface area contributed by atoms with Gasteiger partial charge >= 0.3 is 6.03 Å². The molecule has 4 rings (SSSR count). The van der Waals surface area contributed by atoms with E-state index in [2.05, 4.69) is 25.9 Å². The Labute approximate surface area is 173 Å². The molecule has 1 saturated carbocycles. The topological polar surface area (TPSA) is 88.2 Å². The van der Waals surface area contributed by atoms with Crippen molar-refractivity contribution in [1.29, 1.82) is 0 Å². The van der Waals surface area contributed by atoms with Gasteiger partial charge in [0.1, 0.15) is 17.4 Å². The summed E-state index contributed by atoms with van der Waals surface area (Å²) in [5, 5.41) is 10.5. The van der Waals surface area contributed by atoms with Gasteiger partial charge in [-0.1, -0.05) is 17.7 Å². The molecule has 1 aromatic heterocycles. The first-order valence-electron chi connectivity index (χ1n) is 9.52. The van der Waals surface area contributed by atoms with Crippen molar-refractivity contribution < 1.29 is 9.53 Å². The summed E-state index contributed by atoms with van der Waals surface area (Å²) in [5.41, 5.74) is 1.50. The lowest BCUT2D eigenvalue weighted by Gasteiger charge is -2.12. The van der Waals surface area contributed by atoms with Crippen molar-refractivity contribution in [3.63, 3.8) is 0 Å². The van der Waals surface area contributed by atoms with Crippen LogP contribution in [0.25, 0.3) is 10.9 Å². The van der Waals surface area contributed by atoms with Crippen LogP contribution in [0.2, 0.25) is 5.02 Å². The molecule has 7 nitrogen and oxygen atoms in total. The third kappa shape index (κ3) is 4.86. The summed E-state index contributed by atoms with van der Waals surface area (Å²) in [6.07, 6.45) is 2.25. The van der Waals surface area contributed by atoms with E-state index in [1.54, 1.807) is 19.2 Å². The summed E-state index contributed by atoms with van der Waals surface area (Å²) in [4.78, 5) is 21.4. The lowest BCUT2D eigenvalue weighted by molar-refractivity contribution is 0.252. The first-order valence-corrected chi connectivity index (χ1v) is 9.90. The molecule has 0 aliphatic heterocycles. The zero-order chi connectivity index (χ0) is 20.2. The van der Waals surface area contributed by atoms with Gasteiger partial charge in [-0.2, -0.15) is 0 Å². The number of rotatable bonds is 7. The second-order valence-electron chi connectivity index (χ2n) is 6.91. The Balaban J connectivity index is 1.35. The van der Waals surface area contributed by atoms with Crippen molar-refractivity contribution in [3.8, 4) is 5.75 Å². The highest BCUT2D eigenvalue weighted by Crippen LogP contribution is 2.39. The van der Waals surface area contributed by atoms with Gasteiger partial charge in [0, 0.05) is 41.2 Å². The molecule has 0 spiro atoms. The zero-order valence-electron chi connectivity index (χ0n) is 16.0. The third-order valence-electron chi connectivity index (χ3n) is 4.65. The minimum atomic E-state index is -0.280. The van der Waals surface area contributed by atoms with Gasteiger partial charge in [0.2, 0.25) is 0 Å². The van der Waals surface area contributed by atoms with Gasteiger partial charge in [-0.3, -0.25) is 0 Å². The average molecular weight is 412 g/mol. The smallest absolute Gasteiger partial charge is 0.319 e. The largest absolute Gasteiger partial charge is 0.497 e. The van der Waals surface area contributed by atoms with Gasteiger partial charge in [0.25, 0.3) is 0 Å². The Hall–Kier alpha value is -3.06. The number of anilines is 2. The number of carbonyl (C=O) groups is 1. The number of nitrogens with one attached hydrogen (secondary N) is 3. The molecule has 3 N–H and O–H groups in total. The first kappa shape index (κ1) is 19.3. The number of halogens is 1. The van der Waals surface area contributed by atoms with Crippen LogP contribution in [0, 0.1) is 0 Å². The second kappa shape index (κ2) is 8.53. The van der Waals surface area contributed by atoms with Gasteiger partial charge in [0.05, 0.1) is 12.6 Å². The third-order valence-corrected chi connectivity index (χ3v) is 4.88. The predicted molar refractivity (Wildman–Crippen MR) is 115 cm³/mol. The fourth-order valence-corrected chi connectivity index (χ4v) is 3.18. The van der Waals surface area contributed by atoms with Crippen LogP contribution >= 0.6 is 11.6 Å². The molecule has 0 bridgehead atoms. The zero-order valence-corrected chi connectivity index (χ0v) is 16.8. The molecular formula is C21H22ClN5O2. The van der Waals surface area contributed by atoms with Crippen LogP contribution in [0.5, 0.6) is 5.75 Å². The number of methoxy groups -OCH3 is 1. The highest BCUT2D eigenvalue weighted by molar-refractivity contribution is 6.31. The SMILES string of the molecule is COc1cccc(NC(=O)NCCNc2nc(C3CC3)nc3cc(Cl)ccc23)c1. The Morgan fingerprint density at radius 1 is 1.17 bits per heavy atom. The van der Waals surface area contributed by atoms with Crippen molar-refractivity contribution in [3.05, 3.63) is 53.3 Å². The quantitative estimate of drug-likeness (QED) is 0.501. The van der Waals surface area contributed by atoms with Crippen molar-refractivity contribution in [2.45, 2.75) is 18.8 Å². The Morgan fingerprint density at radius 2 is 2.03 bits per heavy atom. The van der Waals surface area contributed by atoms with E-state index in [9.17, 15) is 4.79 Å². The fourth-order valence-electron chi connectivity index (χ4n) is 3.01. The minimum Gasteiger partial charge on any atom is -0.497 e. The highest BCUT2D eigenvalue weighted by atomic mass is 35.5. The van der Waals surface area contributed by atoms with Gasteiger partial charge in [-0.25, -0.2) is 14.8 Å². The van der Waals surface area contributed by atoms with E-state index in [0.717, 1.165) is 35.4 Å². The molecule has 1 aliphatic carbocycles. The number of carbonyl (C=O) groups excluding carboxylic acids is 1. The van der Waals surface area contributed by atoms with Crippen molar-refractivity contribution in [2.75, 3.05) is 30.8 Å². The molecule has 0 atom stereocenters. The van der Waals surface area contributed by atoms with Gasteiger partial charge in [-0.15, -0.1) is 0 Å². The number of benzene rings is 2. The summed E-state index contributed by atoms with van der Waals surface area (Å²) in [6.45, 7) is 0.970. The fraction of sp³-hybridized carbons (Fsp3) is 0.286. The molecule has 150 valence electrons. The Kier molecular flexibility index (Phi) is 5.67. The number of nitrogens with zero attached hydrogens (tertiary/aromatic N) is 2. The maximum atomic E-state index is 12.1. The van der Waals surface area contributed by atoms with Gasteiger partial charge in [0.15, 0.2) is 0 Å². The average Bonchev–Trinajstić information content (AvgIpc) is 3.56. The van der Waals surface area contributed by atoms with Gasteiger partial charge in [-0.05, 0) is 43.2 Å². The normalized spacial score (nSPS) is 13.2. The van der Waals surface area contributed by atoms with Gasteiger partial charge < -0.3 is 20.7 Å².